The number of nitrogens with zero attached hydrogens (tertiary/aromatic N) is 3. The van der Waals surface area contributed by atoms with Crippen LogP contribution in [0.5, 0.6) is 0 Å². The number of aryl methyl sites for hydroxylation is 1. The number of amides is 1. The van der Waals surface area contributed by atoms with E-state index in [0.29, 0.717) is 45.0 Å². The van der Waals surface area contributed by atoms with Crippen LogP contribution in [0.3, 0.4) is 0 Å². The fourth-order valence-electron chi connectivity index (χ4n) is 3.21. The number of hydrogen-bond donors (Lipinski definition) is 1. The van der Waals surface area contributed by atoms with Gasteiger partial charge >= 0.3 is 0 Å². The molecule has 0 saturated carbocycles. The van der Waals surface area contributed by atoms with Gasteiger partial charge in [-0.3, -0.25) is 24.3 Å². The van der Waals surface area contributed by atoms with Crippen LogP contribution in [0.25, 0.3) is 11.1 Å². The van der Waals surface area contributed by atoms with Crippen LogP contribution in [-0.4, -0.2) is 59.0 Å². The van der Waals surface area contributed by atoms with Crippen LogP contribution in [0.1, 0.15) is 30.8 Å². The minimum atomic E-state index is -0.200. The van der Waals surface area contributed by atoms with Gasteiger partial charge in [-0.05, 0) is 24.6 Å². The zero-order valence-corrected chi connectivity index (χ0v) is 16.8. The van der Waals surface area contributed by atoms with Gasteiger partial charge in [0.05, 0.1) is 25.4 Å². The number of nitrogens with one attached hydrogen (secondary N) is 1. The molecule has 154 valence electrons. The van der Waals surface area contributed by atoms with Crippen molar-refractivity contribution in [3.63, 3.8) is 0 Å². The first-order valence-electron chi connectivity index (χ1n) is 9.85. The topological polar surface area (TPSA) is 93.5 Å². The maximum atomic E-state index is 12.6. The Labute approximate surface area is 169 Å². The van der Waals surface area contributed by atoms with Crippen LogP contribution < -0.4 is 10.9 Å². The summed E-state index contributed by atoms with van der Waals surface area (Å²) in [6.45, 7) is 7.05. The predicted molar refractivity (Wildman–Crippen MR) is 110 cm³/mol. The molecule has 2 aromatic rings. The zero-order chi connectivity index (χ0) is 20.8. The van der Waals surface area contributed by atoms with E-state index in [4.69, 9.17) is 4.74 Å². The van der Waals surface area contributed by atoms with Crippen molar-refractivity contribution in [3.05, 3.63) is 46.6 Å². The highest BCUT2D eigenvalue weighted by Gasteiger charge is 2.18. The number of aromatic nitrogens is 2. The lowest BCUT2D eigenvalue weighted by atomic mass is 10.1. The van der Waals surface area contributed by atoms with Crippen LogP contribution in [0, 0.1) is 0 Å². The minimum absolute atomic E-state index is 0.0824. The molecule has 0 atom stereocenters. The fourth-order valence-corrected chi connectivity index (χ4v) is 3.21. The van der Waals surface area contributed by atoms with Crippen molar-refractivity contribution in [1.82, 2.24) is 14.5 Å². The molecule has 1 saturated heterocycles. The predicted octanol–water partition coefficient (Wildman–Crippen LogP) is 1.79. The summed E-state index contributed by atoms with van der Waals surface area (Å²) in [5.74, 6) is -0.341. The van der Waals surface area contributed by atoms with Crippen LogP contribution in [0.2, 0.25) is 0 Å². The Morgan fingerprint density at radius 1 is 1.17 bits per heavy atom. The fraction of sp³-hybridized carbons (Fsp3) is 0.429. The highest BCUT2D eigenvalue weighted by molar-refractivity contribution is 6.04. The first kappa shape index (κ1) is 20.9. The molecule has 0 radical (unpaired) electrons. The number of Topliss-reactive ketones (excluding diaryl/α,β-unsaturated/α-hetero) is 1. The molecule has 3 heterocycles. The number of hydrogen-bond acceptors (Lipinski definition) is 6. The molecule has 3 rings (SSSR count). The van der Waals surface area contributed by atoms with E-state index < -0.39 is 0 Å². The zero-order valence-electron chi connectivity index (χ0n) is 16.8. The molecular weight excluding hydrogens is 372 g/mol. The summed E-state index contributed by atoms with van der Waals surface area (Å²) in [5.41, 5.74) is 2.07. The molecule has 29 heavy (non-hydrogen) atoms. The lowest BCUT2D eigenvalue weighted by Crippen LogP contribution is -2.41. The summed E-state index contributed by atoms with van der Waals surface area (Å²) in [5, 5.41) is 2.85. The van der Waals surface area contributed by atoms with Gasteiger partial charge in [0, 0.05) is 50.1 Å². The first-order valence-corrected chi connectivity index (χ1v) is 9.85. The highest BCUT2D eigenvalue weighted by Crippen LogP contribution is 2.24. The Hall–Kier alpha value is -2.84. The van der Waals surface area contributed by atoms with Crippen molar-refractivity contribution < 1.29 is 14.3 Å². The van der Waals surface area contributed by atoms with Crippen molar-refractivity contribution >= 4 is 17.4 Å². The number of carbonyl (C=O) groups is 2. The van der Waals surface area contributed by atoms with Crippen molar-refractivity contribution in [2.75, 3.05) is 38.2 Å². The van der Waals surface area contributed by atoms with Crippen molar-refractivity contribution in [2.45, 2.75) is 26.8 Å². The number of pyridine rings is 2. The Morgan fingerprint density at radius 2 is 1.93 bits per heavy atom. The largest absolute Gasteiger partial charge is 0.379 e. The number of morpholine rings is 1. The van der Waals surface area contributed by atoms with Gasteiger partial charge in [0.1, 0.15) is 5.69 Å². The molecule has 2 aromatic heterocycles. The number of carbonyl (C=O) groups excluding carboxylic acids is 2. The van der Waals surface area contributed by atoms with Crippen LogP contribution in [-0.2, 0) is 16.1 Å². The monoisotopic (exact) mass is 398 g/mol. The number of rotatable bonds is 7. The Bertz CT molecular complexity index is 948. The molecule has 8 nitrogen and oxygen atoms in total. The lowest BCUT2D eigenvalue weighted by Gasteiger charge is -2.25. The average molecular weight is 398 g/mol. The van der Waals surface area contributed by atoms with Gasteiger partial charge in [-0.2, -0.15) is 0 Å². The third-order valence-corrected chi connectivity index (χ3v) is 4.88. The van der Waals surface area contributed by atoms with Gasteiger partial charge < -0.3 is 14.6 Å². The van der Waals surface area contributed by atoms with Crippen molar-refractivity contribution in [3.8, 4) is 11.1 Å². The summed E-state index contributed by atoms with van der Waals surface area (Å²) in [6, 6.07) is 4.96. The summed E-state index contributed by atoms with van der Waals surface area (Å²) in [4.78, 5) is 43.0. The first-order chi connectivity index (χ1) is 14.0. The normalized spacial score (nSPS) is 14.6. The van der Waals surface area contributed by atoms with E-state index in [0.717, 1.165) is 11.1 Å². The molecule has 1 N–H and O–H groups in total. The summed E-state index contributed by atoms with van der Waals surface area (Å²) < 4.78 is 6.90. The average Bonchev–Trinajstić information content (AvgIpc) is 2.74. The Kier molecular flexibility index (Phi) is 6.90. The molecular formula is C21H26N4O4. The van der Waals surface area contributed by atoms with Gasteiger partial charge in [-0.25, -0.2) is 0 Å². The van der Waals surface area contributed by atoms with E-state index in [1.165, 1.54) is 6.07 Å². The standard InChI is InChI=1S/C21H26N4O4/c1-3-18(26)21-17(23-19(27)14-24-7-9-29-10-8-24)11-16(12-22-21)15-5-6-20(28)25(4-2)13-15/h5-6,11-13H,3-4,7-10,14H2,1-2H3,(H,23,27). The van der Waals surface area contributed by atoms with E-state index in [9.17, 15) is 14.4 Å². The molecule has 0 aliphatic carbocycles. The van der Waals surface area contributed by atoms with Gasteiger partial charge in [-0.15, -0.1) is 0 Å². The summed E-state index contributed by atoms with van der Waals surface area (Å²) >= 11 is 0. The van der Waals surface area contributed by atoms with E-state index in [1.54, 1.807) is 36.0 Å². The molecule has 0 aromatic carbocycles. The maximum Gasteiger partial charge on any atom is 0.250 e. The molecule has 0 spiro atoms. The third kappa shape index (κ3) is 5.16. The number of ether oxygens (including phenoxy) is 1. The smallest absolute Gasteiger partial charge is 0.250 e. The number of ketones is 1. The summed E-state index contributed by atoms with van der Waals surface area (Å²) in [7, 11) is 0. The van der Waals surface area contributed by atoms with Crippen molar-refractivity contribution in [1.29, 1.82) is 0 Å². The minimum Gasteiger partial charge on any atom is -0.379 e. The number of anilines is 1. The molecule has 0 bridgehead atoms. The van der Waals surface area contributed by atoms with E-state index >= 15 is 0 Å². The van der Waals surface area contributed by atoms with Gasteiger partial charge in [0.15, 0.2) is 5.78 Å². The van der Waals surface area contributed by atoms with E-state index in [-0.39, 0.29) is 29.5 Å². The molecule has 1 fully saturated rings. The Balaban J connectivity index is 1.88. The van der Waals surface area contributed by atoms with E-state index in [1.807, 2.05) is 11.8 Å². The van der Waals surface area contributed by atoms with Crippen LogP contribution in [0.4, 0.5) is 5.69 Å². The summed E-state index contributed by atoms with van der Waals surface area (Å²) in [6.07, 6.45) is 3.64. The van der Waals surface area contributed by atoms with Gasteiger partial charge in [0.25, 0.3) is 5.56 Å². The SMILES string of the molecule is CCC(=O)c1ncc(-c2ccc(=O)n(CC)c2)cc1NC(=O)CN1CCOCC1. The molecule has 0 unspecified atom stereocenters. The van der Waals surface area contributed by atoms with E-state index in [2.05, 4.69) is 10.3 Å². The second kappa shape index (κ2) is 9.58. The maximum absolute atomic E-state index is 12.6. The lowest BCUT2D eigenvalue weighted by molar-refractivity contribution is -0.118. The van der Waals surface area contributed by atoms with Crippen LogP contribution in [0.15, 0.2) is 35.4 Å². The Morgan fingerprint density at radius 3 is 2.62 bits per heavy atom. The second-order valence-corrected chi connectivity index (χ2v) is 6.88. The molecule has 1 aliphatic rings. The molecule has 8 heteroatoms. The van der Waals surface area contributed by atoms with Crippen LogP contribution >= 0.6 is 0 Å². The van der Waals surface area contributed by atoms with Crippen molar-refractivity contribution in [2.24, 2.45) is 0 Å². The van der Waals surface area contributed by atoms with Gasteiger partial charge in [-0.1, -0.05) is 6.92 Å². The quantitative estimate of drug-likeness (QED) is 0.715. The van der Waals surface area contributed by atoms with Gasteiger partial charge in [0.2, 0.25) is 5.91 Å². The molecule has 1 aliphatic heterocycles. The highest BCUT2D eigenvalue weighted by atomic mass is 16.5. The molecule has 1 amide bonds. The second-order valence-electron chi connectivity index (χ2n) is 6.88. The third-order valence-electron chi connectivity index (χ3n) is 4.88.